The van der Waals surface area contributed by atoms with E-state index in [4.69, 9.17) is 32.3 Å². The summed E-state index contributed by atoms with van der Waals surface area (Å²) in [5.74, 6) is -1.57. The summed E-state index contributed by atoms with van der Waals surface area (Å²) in [6.45, 7) is 2.48. The van der Waals surface area contributed by atoms with E-state index in [0.29, 0.717) is 19.3 Å². The van der Waals surface area contributed by atoms with Gasteiger partial charge in [-0.3, -0.25) is 32.5 Å². The van der Waals surface area contributed by atoms with Crippen molar-refractivity contribution in [1.29, 1.82) is 0 Å². The summed E-state index contributed by atoms with van der Waals surface area (Å²) in [5.41, 5.74) is 0. The maximum atomic E-state index is 13.0. The van der Waals surface area contributed by atoms with Crippen LogP contribution in [0.4, 0.5) is 0 Å². The minimum absolute atomic E-state index is 0.0920. The Hall–Kier alpha value is -4.57. The third kappa shape index (κ3) is 92.0. The van der Waals surface area contributed by atoms with Gasteiger partial charge in [0.25, 0.3) is 0 Å². The number of phosphoric acid groups is 2. The molecular formula is C99H172O16P2. The van der Waals surface area contributed by atoms with Crippen LogP contribution in [0.15, 0.2) is 146 Å². The highest BCUT2D eigenvalue weighted by Gasteiger charge is 2.30. The van der Waals surface area contributed by atoms with Gasteiger partial charge >= 0.3 is 33.6 Å². The number of hydrogen-bond acceptors (Lipinski definition) is 14. The molecule has 0 saturated heterocycles. The zero-order valence-electron chi connectivity index (χ0n) is 74.3. The molecule has 674 valence electrons. The Labute approximate surface area is 715 Å². The number of allylic oxidation sites excluding steroid dienone is 24. The molecule has 4 N–H and O–H groups in total. The van der Waals surface area contributed by atoms with Gasteiger partial charge < -0.3 is 34.2 Å². The van der Waals surface area contributed by atoms with Gasteiger partial charge in [-0.15, -0.1) is 0 Å². The first-order chi connectivity index (χ1) is 57.2. The van der Waals surface area contributed by atoms with Gasteiger partial charge in [0, 0.05) is 19.3 Å². The number of phosphoric ester groups is 2. The van der Waals surface area contributed by atoms with Gasteiger partial charge in [-0.1, -0.05) is 391 Å². The van der Waals surface area contributed by atoms with Crippen molar-refractivity contribution in [3.63, 3.8) is 0 Å². The quantitative estimate of drug-likeness (QED) is 0.0146. The summed E-state index contributed by atoms with van der Waals surface area (Å²) in [6.07, 6.45) is 115. The molecule has 0 aliphatic heterocycles. The first-order valence-corrected chi connectivity index (χ1v) is 50.1. The van der Waals surface area contributed by atoms with Crippen molar-refractivity contribution < 1.29 is 75.8 Å². The van der Waals surface area contributed by atoms with Gasteiger partial charge in [0.2, 0.25) is 0 Å². The monoisotopic (exact) mass is 1680 g/mol. The van der Waals surface area contributed by atoms with E-state index in [1.165, 1.54) is 180 Å². The number of hydrogen-bond donors (Lipinski definition) is 4. The van der Waals surface area contributed by atoms with Crippen molar-refractivity contribution in [3.05, 3.63) is 146 Å². The number of carbonyl (C=O) groups excluding carboxylic acids is 3. The number of esters is 3. The average Bonchev–Trinajstić information content (AvgIpc) is 0.901. The largest absolute Gasteiger partial charge is 0.472 e. The Bertz CT molecular complexity index is 2710. The maximum absolute atomic E-state index is 13.0. The normalized spacial score (nSPS) is 14.4. The van der Waals surface area contributed by atoms with Crippen LogP contribution in [0.5, 0.6) is 0 Å². The summed E-state index contributed by atoms with van der Waals surface area (Å²) < 4.78 is 61.5. The summed E-state index contributed by atoms with van der Waals surface area (Å²) in [5, 5.41) is 20.7. The maximum Gasteiger partial charge on any atom is 0.472 e. The van der Waals surface area contributed by atoms with Crippen LogP contribution in [0.1, 0.15) is 406 Å². The predicted octanol–water partition coefficient (Wildman–Crippen LogP) is 29.1. The van der Waals surface area contributed by atoms with Gasteiger partial charge in [-0.25, -0.2) is 9.13 Å². The molecule has 0 rings (SSSR count). The van der Waals surface area contributed by atoms with Crippen LogP contribution >= 0.6 is 15.6 Å². The van der Waals surface area contributed by atoms with E-state index < -0.39 is 91.5 Å². The number of carbonyl (C=O) groups is 3. The molecule has 0 spiro atoms. The molecular weight excluding hydrogens is 1510 g/mol. The van der Waals surface area contributed by atoms with E-state index in [0.717, 1.165) is 167 Å². The highest BCUT2D eigenvalue weighted by atomic mass is 31.2. The number of rotatable bonds is 89. The Morgan fingerprint density at radius 1 is 0.248 bits per heavy atom. The van der Waals surface area contributed by atoms with Crippen LogP contribution in [-0.2, 0) is 55.8 Å². The number of unbranched alkanes of at least 4 members (excludes halogenated alkanes) is 42. The molecule has 18 heteroatoms. The van der Waals surface area contributed by atoms with Gasteiger partial charge in [-0.2, -0.15) is 0 Å². The molecule has 117 heavy (non-hydrogen) atoms. The third-order valence-electron chi connectivity index (χ3n) is 20.0. The van der Waals surface area contributed by atoms with Gasteiger partial charge in [-0.05, 0) is 141 Å². The summed E-state index contributed by atoms with van der Waals surface area (Å²) >= 11 is 0. The SMILES string of the molecule is CC/C=C\C/C=C\C/C=C\C/C=C\C/C=C\CCCCCCCCCCCCCCCCCCCCCC(=O)OCC(O)COP(=O)(O)OCC(O)COP(=O)(O)OCC(COC(=O)CCCCCCCCCCCCCCC/C=C\C/C=C\C/C=C\C/C=C\CCCCC)OC(=O)CCCCCCCCC/C=C\C/C=C\C/C=C\CC. The lowest BCUT2D eigenvalue weighted by Gasteiger charge is -2.21. The van der Waals surface area contributed by atoms with Crippen molar-refractivity contribution in [3.8, 4) is 0 Å². The fourth-order valence-corrected chi connectivity index (χ4v) is 14.5. The number of aliphatic hydroxyl groups is 2. The van der Waals surface area contributed by atoms with Crippen LogP contribution < -0.4 is 0 Å². The lowest BCUT2D eigenvalue weighted by molar-refractivity contribution is -0.161. The van der Waals surface area contributed by atoms with Crippen molar-refractivity contribution in [2.75, 3.05) is 39.6 Å². The average molecular weight is 1680 g/mol. The van der Waals surface area contributed by atoms with E-state index in [9.17, 15) is 43.5 Å². The van der Waals surface area contributed by atoms with E-state index in [1.807, 2.05) is 0 Å². The fourth-order valence-electron chi connectivity index (χ4n) is 13.0. The Morgan fingerprint density at radius 3 is 0.718 bits per heavy atom. The van der Waals surface area contributed by atoms with Crippen molar-refractivity contribution in [2.45, 2.75) is 424 Å². The van der Waals surface area contributed by atoms with Crippen LogP contribution in [0.3, 0.4) is 0 Å². The lowest BCUT2D eigenvalue weighted by atomic mass is 10.0. The van der Waals surface area contributed by atoms with E-state index in [2.05, 4.69) is 167 Å². The zero-order valence-corrected chi connectivity index (χ0v) is 76.1. The Morgan fingerprint density at radius 2 is 0.453 bits per heavy atom. The molecule has 0 aromatic heterocycles. The van der Waals surface area contributed by atoms with Crippen molar-refractivity contribution in [1.82, 2.24) is 0 Å². The molecule has 0 heterocycles. The number of ether oxygens (including phenoxy) is 3. The molecule has 16 nitrogen and oxygen atoms in total. The van der Waals surface area contributed by atoms with Gasteiger partial charge in [0.1, 0.15) is 25.4 Å². The van der Waals surface area contributed by atoms with Gasteiger partial charge in [0.15, 0.2) is 6.10 Å². The summed E-state index contributed by atoms with van der Waals surface area (Å²) in [7, 11) is -9.81. The molecule has 0 bridgehead atoms. The Kier molecular flexibility index (Phi) is 87.1. The summed E-state index contributed by atoms with van der Waals surface area (Å²) in [4.78, 5) is 59.0. The second kappa shape index (κ2) is 90.7. The van der Waals surface area contributed by atoms with Crippen molar-refractivity contribution >= 4 is 33.6 Å². The second-order valence-electron chi connectivity index (χ2n) is 31.4. The predicted molar refractivity (Wildman–Crippen MR) is 491 cm³/mol. The standard InChI is InChI=1S/C99H172O16P2/c1-4-7-10-13-16-19-22-25-28-31-33-35-37-39-41-43-44-45-46-47-48-50-52-53-55-57-59-62-64-67-70-73-76-79-82-85-97(102)109-88-94(100)89-111-116(105,106)112-90-95(101)91-113-117(107,108)114-93-96(115-99(104)87-84-81-78-75-72-69-66-61-30-27-24-21-18-15-12-9-6-3)92-110-98(103)86-83-80-77-74-71-68-65-63-60-58-56-54-51-49-42-40-38-36-34-32-29-26-23-20-17-14-11-8-5-2/h7,9-10,12,16-21,25-30,33-36,39-42,94-96,100-101H,4-6,8,11,13-15,22-24,31-32,37-38,43-93H2,1-3H3,(H,105,106)(H,107,108)/b10-7-,12-9-,19-16-,20-17-,21-18-,28-25-,29-26-,30-27-,35-33-,36-34-,41-39-,42-40-. The fraction of sp³-hybridized carbons (Fsp3) is 0.727. The van der Waals surface area contributed by atoms with Crippen LogP contribution in [0, 0.1) is 0 Å². The van der Waals surface area contributed by atoms with Crippen LogP contribution in [0.25, 0.3) is 0 Å². The lowest BCUT2D eigenvalue weighted by Crippen LogP contribution is -2.30. The number of aliphatic hydroxyl groups excluding tert-OH is 2. The van der Waals surface area contributed by atoms with Crippen molar-refractivity contribution in [2.24, 2.45) is 0 Å². The first kappa shape index (κ1) is 112. The molecule has 5 unspecified atom stereocenters. The zero-order chi connectivity index (χ0) is 85.1. The molecule has 0 radical (unpaired) electrons. The van der Waals surface area contributed by atoms with Gasteiger partial charge in [0.05, 0.1) is 26.4 Å². The highest BCUT2D eigenvalue weighted by molar-refractivity contribution is 7.47. The molecule has 0 fully saturated rings. The van der Waals surface area contributed by atoms with E-state index >= 15 is 0 Å². The second-order valence-corrected chi connectivity index (χ2v) is 34.3. The molecule has 0 aliphatic rings. The molecule has 0 saturated carbocycles. The third-order valence-corrected chi connectivity index (χ3v) is 21.9. The minimum Gasteiger partial charge on any atom is -0.463 e. The topological polar surface area (TPSA) is 231 Å². The molecule has 5 atom stereocenters. The van der Waals surface area contributed by atoms with Crippen LogP contribution in [0.2, 0.25) is 0 Å². The first-order valence-electron chi connectivity index (χ1n) is 47.1. The van der Waals surface area contributed by atoms with E-state index in [1.54, 1.807) is 0 Å². The minimum atomic E-state index is -4.94. The molecule has 0 amide bonds. The summed E-state index contributed by atoms with van der Waals surface area (Å²) in [6, 6.07) is 0. The highest BCUT2D eigenvalue weighted by Crippen LogP contribution is 2.45. The molecule has 0 aliphatic carbocycles. The smallest absolute Gasteiger partial charge is 0.463 e. The Balaban J connectivity index is 4.45. The molecule has 0 aromatic rings. The van der Waals surface area contributed by atoms with E-state index in [-0.39, 0.29) is 19.3 Å². The van der Waals surface area contributed by atoms with Crippen LogP contribution in [-0.4, -0.2) is 95.9 Å². The molecule has 0 aromatic carbocycles.